The molecule has 3 aromatic carbocycles. The predicted molar refractivity (Wildman–Crippen MR) is 163 cm³/mol. The van der Waals surface area contributed by atoms with Crippen LogP contribution in [0.25, 0.3) is 0 Å². The van der Waals surface area contributed by atoms with Gasteiger partial charge in [-0.2, -0.15) is 0 Å². The van der Waals surface area contributed by atoms with E-state index >= 15 is 0 Å². The number of hydrogen-bond donors (Lipinski definition) is 0. The Morgan fingerprint density at radius 1 is 0.795 bits per heavy atom. The summed E-state index contributed by atoms with van der Waals surface area (Å²) in [4.78, 5) is 5.15. The molecule has 0 amide bonds. The second-order valence-corrected chi connectivity index (χ2v) is 11.9. The average Bonchev–Trinajstić information content (AvgIpc) is 2.96. The molecular formula is C36H47FN2. The van der Waals surface area contributed by atoms with Crippen molar-refractivity contribution in [1.29, 1.82) is 0 Å². The Balaban J connectivity index is 1.30. The number of likely N-dealkylation sites (tertiary alicyclic amines) is 1. The molecule has 2 aliphatic heterocycles. The minimum absolute atomic E-state index is 0.171. The zero-order chi connectivity index (χ0) is 27.0. The van der Waals surface area contributed by atoms with Crippen LogP contribution in [-0.2, 0) is 25.7 Å². The fraction of sp³-hybridized carbons (Fsp3) is 0.500. The molecule has 39 heavy (non-hydrogen) atoms. The van der Waals surface area contributed by atoms with E-state index in [1.807, 2.05) is 12.1 Å². The lowest BCUT2D eigenvalue weighted by Crippen LogP contribution is -2.36. The largest absolute Gasteiger partial charge is 0.364 e. The van der Waals surface area contributed by atoms with Crippen molar-refractivity contribution in [1.82, 2.24) is 4.90 Å². The third-order valence-corrected chi connectivity index (χ3v) is 9.00. The van der Waals surface area contributed by atoms with Crippen LogP contribution in [0.2, 0.25) is 0 Å². The van der Waals surface area contributed by atoms with Crippen LogP contribution in [0.1, 0.15) is 91.3 Å². The summed E-state index contributed by atoms with van der Waals surface area (Å²) in [5.74, 6) is -0.171. The summed E-state index contributed by atoms with van der Waals surface area (Å²) in [6, 6.07) is 21.7. The molecule has 0 aromatic heterocycles. The zero-order valence-electron chi connectivity index (χ0n) is 24.2. The quantitative estimate of drug-likeness (QED) is 0.231. The van der Waals surface area contributed by atoms with E-state index in [0.29, 0.717) is 0 Å². The summed E-state index contributed by atoms with van der Waals surface area (Å²) in [5, 5.41) is 0. The van der Waals surface area contributed by atoms with Gasteiger partial charge in [0, 0.05) is 12.2 Å². The number of anilines is 1. The molecule has 5 rings (SSSR count). The van der Waals surface area contributed by atoms with E-state index in [2.05, 4.69) is 60.0 Å². The van der Waals surface area contributed by atoms with Crippen molar-refractivity contribution in [3.05, 3.63) is 99.9 Å². The Hall–Kier alpha value is -2.65. The lowest BCUT2D eigenvalue weighted by Gasteiger charge is -2.39. The van der Waals surface area contributed by atoms with Crippen LogP contribution in [0, 0.1) is 12.7 Å². The highest BCUT2D eigenvalue weighted by Crippen LogP contribution is 2.37. The van der Waals surface area contributed by atoms with Crippen LogP contribution in [0.15, 0.2) is 60.7 Å². The van der Waals surface area contributed by atoms with Crippen molar-refractivity contribution >= 4 is 5.69 Å². The molecule has 1 saturated heterocycles. The highest BCUT2D eigenvalue weighted by molar-refractivity contribution is 5.53. The van der Waals surface area contributed by atoms with Gasteiger partial charge in [-0.3, -0.25) is 0 Å². The zero-order valence-corrected chi connectivity index (χ0v) is 24.2. The monoisotopic (exact) mass is 526 g/mol. The Morgan fingerprint density at radius 2 is 1.59 bits per heavy atom. The van der Waals surface area contributed by atoms with Gasteiger partial charge in [0.05, 0.1) is 6.04 Å². The highest BCUT2D eigenvalue weighted by Gasteiger charge is 2.28. The number of benzene rings is 3. The number of aryl methyl sites for hydroxylation is 3. The van der Waals surface area contributed by atoms with Crippen molar-refractivity contribution in [3.63, 3.8) is 0 Å². The summed E-state index contributed by atoms with van der Waals surface area (Å²) in [7, 11) is 0. The molecule has 0 N–H and O–H groups in total. The highest BCUT2D eigenvalue weighted by atomic mass is 19.1. The van der Waals surface area contributed by atoms with Gasteiger partial charge < -0.3 is 9.80 Å². The summed E-state index contributed by atoms with van der Waals surface area (Å²) < 4.78 is 13.8. The minimum atomic E-state index is -0.171. The smallest absolute Gasteiger partial charge is 0.123 e. The van der Waals surface area contributed by atoms with Gasteiger partial charge in [0.2, 0.25) is 0 Å². The molecule has 0 bridgehead atoms. The maximum atomic E-state index is 13.8. The number of hydrogen-bond acceptors (Lipinski definition) is 2. The van der Waals surface area contributed by atoms with Crippen molar-refractivity contribution in [2.45, 2.75) is 90.5 Å². The lowest BCUT2D eigenvalue weighted by atomic mass is 9.86. The number of nitrogens with zero attached hydrogens (tertiary/aromatic N) is 2. The molecule has 1 unspecified atom stereocenters. The van der Waals surface area contributed by atoms with Gasteiger partial charge in [0.15, 0.2) is 0 Å². The van der Waals surface area contributed by atoms with Gasteiger partial charge >= 0.3 is 0 Å². The molecule has 1 fully saturated rings. The molecule has 3 heteroatoms. The molecule has 0 saturated carbocycles. The van der Waals surface area contributed by atoms with Crippen LogP contribution < -0.4 is 4.90 Å². The maximum absolute atomic E-state index is 13.8. The number of rotatable bonds is 11. The summed E-state index contributed by atoms with van der Waals surface area (Å²) >= 11 is 0. The first-order chi connectivity index (χ1) is 19.1. The van der Waals surface area contributed by atoms with Gasteiger partial charge in [-0.1, -0.05) is 56.2 Å². The Labute approximate surface area is 236 Å². The van der Waals surface area contributed by atoms with Gasteiger partial charge in [-0.05, 0) is 142 Å². The number of unbranched alkanes of at least 4 members (excludes halogenated alkanes) is 2. The first-order valence-corrected chi connectivity index (χ1v) is 15.6. The first-order valence-electron chi connectivity index (χ1n) is 15.6. The molecule has 208 valence electrons. The first kappa shape index (κ1) is 27.9. The van der Waals surface area contributed by atoms with Crippen molar-refractivity contribution in [2.75, 3.05) is 31.1 Å². The van der Waals surface area contributed by atoms with E-state index in [1.54, 1.807) is 12.1 Å². The maximum Gasteiger partial charge on any atom is 0.123 e. The molecule has 1 atom stereocenters. The molecule has 2 aliphatic rings. The number of halogens is 1. The molecule has 2 heterocycles. The topological polar surface area (TPSA) is 6.48 Å². The molecule has 0 spiro atoms. The average molecular weight is 527 g/mol. The van der Waals surface area contributed by atoms with Gasteiger partial charge in [-0.25, -0.2) is 4.39 Å². The second-order valence-electron chi connectivity index (χ2n) is 11.9. The van der Waals surface area contributed by atoms with E-state index < -0.39 is 0 Å². The van der Waals surface area contributed by atoms with Crippen molar-refractivity contribution in [3.8, 4) is 0 Å². The van der Waals surface area contributed by atoms with E-state index in [1.165, 1.54) is 104 Å². The Bertz CT molecular complexity index is 1200. The van der Waals surface area contributed by atoms with E-state index in [9.17, 15) is 4.39 Å². The van der Waals surface area contributed by atoms with Gasteiger partial charge in [0.25, 0.3) is 0 Å². The normalized spacial score (nSPS) is 17.8. The Kier molecular flexibility index (Phi) is 9.74. The number of piperidine rings is 1. The molecular weight excluding hydrogens is 479 g/mol. The summed E-state index contributed by atoms with van der Waals surface area (Å²) in [6.07, 6.45) is 13.6. The predicted octanol–water partition coefficient (Wildman–Crippen LogP) is 8.63. The van der Waals surface area contributed by atoms with Gasteiger partial charge in [0.1, 0.15) is 5.82 Å². The summed E-state index contributed by atoms with van der Waals surface area (Å²) in [5.41, 5.74) is 9.82. The SMILES string of the molecule is CCCCc1ccc2c(c1)CCN(c1ccc(F)cc1)C2Cc1ccc(CCCCN2CCCCC2)c(C)c1. The van der Waals surface area contributed by atoms with E-state index in [4.69, 9.17) is 0 Å². The third-order valence-electron chi connectivity index (χ3n) is 9.00. The van der Waals surface area contributed by atoms with Gasteiger partial charge in [-0.15, -0.1) is 0 Å². The summed E-state index contributed by atoms with van der Waals surface area (Å²) in [6.45, 7) is 9.38. The standard InChI is InChI=1S/C36H47FN2/c1-3-4-10-29-13-19-35-32(26-29)20-24-39(34-17-15-33(37)16-18-34)36(35)27-30-12-14-31(28(2)25-30)11-6-9-23-38-21-7-5-8-22-38/h12-19,25-26,36H,3-11,20-24,27H2,1-2H3. The molecule has 0 aliphatic carbocycles. The lowest BCUT2D eigenvalue weighted by molar-refractivity contribution is 0.225. The fourth-order valence-electron chi connectivity index (χ4n) is 6.69. The minimum Gasteiger partial charge on any atom is -0.364 e. The van der Waals surface area contributed by atoms with Crippen LogP contribution in [0.4, 0.5) is 10.1 Å². The van der Waals surface area contributed by atoms with E-state index in [0.717, 1.165) is 31.5 Å². The third kappa shape index (κ3) is 7.31. The van der Waals surface area contributed by atoms with Crippen LogP contribution in [0.3, 0.4) is 0 Å². The number of fused-ring (bicyclic) bond motifs is 1. The van der Waals surface area contributed by atoms with Crippen molar-refractivity contribution < 1.29 is 4.39 Å². The van der Waals surface area contributed by atoms with Crippen LogP contribution >= 0.6 is 0 Å². The van der Waals surface area contributed by atoms with Crippen molar-refractivity contribution in [2.24, 2.45) is 0 Å². The van der Waals surface area contributed by atoms with Crippen LogP contribution in [-0.4, -0.2) is 31.1 Å². The molecule has 2 nitrogen and oxygen atoms in total. The molecule has 0 radical (unpaired) electrons. The molecule has 3 aromatic rings. The Morgan fingerprint density at radius 3 is 2.36 bits per heavy atom. The van der Waals surface area contributed by atoms with E-state index in [-0.39, 0.29) is 11.9 Å². The fourth-order valence-corrected chi connectivity index (χ4v) is 6.69. The van der Waals surface area contributed by atoms with Crippen LogP contribution in [0.5, 0.6) is 0 Å². The second kappa shape index (κ2) is 13.6.